The Kier molecular flexibility index (Phi) is 2.98. The van der Waals surface area contributed by atoms with Crippen LogP contribution in [0.1, 0.15) is 0 Å². The van der Waals surface area contributed by atoms with E-state index in [0.717, 1.165) is 0 Å². The number of ketones is 2. The van der Waals surface area contributed by atoms with Crippen molar-refractivity contribution in [1.82, 2.24) is 0 Å². The quantitative estimate of drug-likeness (QED) is 0.512. The maximum atomic E-state index is 11.5. The fourth-order valence-corrected chi connectivity index (χ4v) is 1.50. The molecule has 0 fully saturated rings. The maximum Gasteiger partial charge on any atom is 0.216 e. The molecule has 0 aromatic carbocycles. The van der Waals surface area contributed by atoms with Crippen molar-refractivity contribution >= 4 is 11.6 Å². The molecule has 2 aliphatic carbocycles. The third-order valence-corrected chi connectivity index (χ3v) is 2.41. The molecule has 0 saturated carbocycles. The maximum absolute atomic E-state index is 11.5. The van der Waals surface area contributed by atoms with Gasteiger partial charge in [-0.15, -0.1) is 0 Å². The lowest BCUT2D eigenvalue weighted by atomic mass is 10.0. The van der Waals surface area contributed by atoms with Crippen molar-refractivity contribution in [2.24, 2.45) is 11.8 Å². The van der Waals surface area contributed by atoms with Crippen molar-refractivity contribution in [3.8, 4) is 11.8 Å². The van der Waals surface area contributed by atoms with Gasteiger partial charge in [-0.05, 0) is 11.8 Å². The third kappa shape index (κ3) is 2.26. The summed E-state index contributed by atoms with van der Waals surface area (Å²) in [6.45, 7) is 0. The van der Waals surface area contributed by atoms with E-state index in [9.17, 15) is 9.59 Å². The topological polar surface area (TPSA) is 34.1 Å². The van der Waals surface area contributed by atoms with Crippen molar-refractivity contribution in [3.63, 3.8) is 0 Å². The van der Waals surface area contributed by atoms with Gasteiger partial charge in [0.25, 0.3) is 0 Å². The first-order chi connectivity index (χ1) is 7.77. The summed E-state index contributed by atoms with van der Waals surface area (Å²) in [5.74, 6) is 3.76. The summed E-state index contributed by atoms with van der Waals surface area (Å²) in [5.41, 5.74) is 0. The first-order valence-corrected chi connectivity index (χ1v) is 5.07. The van der Waals surface area contributed by atoms with Gasteiger partial charge in [0.05, 0.1) is 11.8 Å². The average Bonchev–Trinajstić information content (AvgIpc) is 2.95. The van der Waals surface area contributed by atoms with E-state index < -0.39 is 0 Å². The molecule has 2 aliphatic rings. The Balaban J connectivity index is 1.99. The molecule has 0 spiro atoms. The number of hydrogen-bond acceptors (Lipinski definition) is 2. The van der Waals surface area contributed by atoms with Gasteiger partial charge in [0, 0.05) is 0 Å². The molecule has 2 nitrogen and oxygen atoms in total. The molecule has 0 amide bonds. The second-order valence-electron chi connectivity index (χ2n) is 3.57. The van der Waals surface area contributed by atoms with Gasteiger partial charge in [0.1, 0.15) is 0 Å². The van der Waals surface area contributed by atoms with Crippen LogP contribution >= 0.6 is 0 Å². The minimum atomic E-state index is -0.282. The second kappa shape index (κ2) is 4.59. The van der Waals surface area contributed by atoms with Gasteiger partial charge in [-0.2, -0.15) is 0 Å². The predicted octanol–water partition coefficient (Wildman–Crippen LogP) is 1.61. The normalized spacial score (nSPS) is 17.8. The third-order valence-electron chi connectivity index (χ3n) is 2.41. The first-order valence-electron chi connectivity index (χ1n) is 5.07. The van der Waals surface area contributed by atoms with Crippen molar-refractivity contribution in [1.29, 1.82) is 0 Å². The van der Waals surface area contributed by atoms with E-state index >= 15 is 0 Å². The number of rotatable bonds is 2. The summed E-state index contributed by atoms with van der Waals surface area (Å²) < 4.78 is 0. The van der Waals surface area contributed by atoms with E-state index in [1.165, 1.54) is 0 Å². The molecule has 2 heteroatoms. The Bertz CT molecular complexity index is 425. The van der Waals surface area contributed by atoms with Crippen molar-refractivity contribution in [3.05, 3.63) is 48.6 Å². The predicted molar refractivity (Wildman–Crippen MR) is 61.3 cm³/mol. The molecule has 0 atom stereocenters. The Hall–Kier alpha value is -2.14. The largest absolute Gasteiger partial charge is 0.284 e. The highest BCUT2D eigenvalue weighted by Gasteiger charge is 2.14. The van der Waals surface area contributed by atoms with Crippen molar-refractivity contribution in [2.45, 2.75) is 0 Å². The molecule has 0 heterocycles. The lowest BCUT2D eigenvalue weighted by Gasteiger charge is -1.96. The number of hydrogen-bond donors (Lipinski definition) is 0. The molecule has 2 rings (SSSR count). The van der Waals surface area contributed by atoms with Gasteiger partial charge < -0.3 is 0 Å². The fraction of sp³-hybridized carbons (Fsp3) is 0.143. The van der Waals surface area contributed by atoms with Crippen LogP contribution in [0.5, 0.6) is 0 Å². The van der Waals surface area contributed by atoms with Crippen molar-refractivity contribution < 1.29 is 9.59 Å². The lowest BCUT2D eigenvalue weighted by Crippen LogP contribution is -2.08. The zero-order chi connectivity index (χ0) is 11.4. The average molecular weight is 210 g/mol. The molecule has 0 aromatic heterocycles. The molecule has 16 heavy (non-hydrogen) atoms. The molecule has 0 saturated heterocycles. The Labute approximate surface area is 94.0 Å². The smallest absolute Gasteiger partial charge is 0.216 e. The fourth-order valence-electron chi connectivity index (χ4n) is 1.50. The van der Waals surface area contributed by atoms with Crippen LogP contribution in [0, 0.1) is 23.7 Å². The summed E-state index contributed by atoms with van der Waals surface area (Å²) in [6.07, 6.45) is 14.2. The zero-order valence-electron chi connectivity index (χ0n) is 8.59. The highest BCUT2D eigenvalue weighted by molar-refractivity contribution is 6.08. The SMILES string of the molecule is O=C(C#CC(=O)C1C=CC=C1)C1C=CC=C1. The summed E-state index contributed by atoms with van der Waals surface area (Å²) in [5, 5.41) is 0. The molecular formula is C14H10O2. The van der Waals surface area contributed by atoms with Gasteiger partial charge in [-0.1, -0.05) is 48.6 Å². The van der Waals surface area contributed by atoms with E-state index in [0.29, 0.717) is 0 Å². The second-order valence-corrected chi connectivity index (χ2v) is 3.57. The Morgan fingerprint density at radius 3 is 1.31 bits per heavy atom. The van der Waals surface area contributed by atoms with Crippen LogP contribution in [-0.4, -0.2) is 11.6 Å². The van der Waals surface area contributed by atoms with Crippen LogP contribution in [0.15, 0.2) is 48.6 Å². The van der Waals surface area contributed by atoms with E-state index in [4.69, 9.17) is 0 Å². The zero-order valence-corrected chi connectivity index (χ0v) is 8.59. The summed E-state index contributed by atoms with van der Waals surface area (Å²) in [7, 11) is 0. The Morgan fingerprint density at radius 1 is 0.688 bits per heavy atom. The molecule has 78 valence electrons. The van der Waals surface area contributed by atoms with Crippen LogP contribution in [0.25, 0.3) is 0 Å². The van der Waals surface area contributed by atoms with Gasteiger partial charge in [-0.25, -0.2) is 0 Å². The number of Topliss-reactive ketones (excluding diaryl/α,β-unsaturated/α-hetero) is 2. The molecule has 0 bridgehead atoms. The highest BCUT2D eigenvalue weighted by atomic mass is 16.1. The molecule has 0 aliphatic heterocycles. The van der Waals surface area contributed by atoms with E-state index in [1.807, 2.05) is 0 Å². The number of allylic oxidation sites excluding steroid dienone is 8. The van der Waals surface area contributed by atoms with Crippen molar-refractivity contribution in [2.75, 3.05) is 0 Å². The monoisotopic (exact) mass is 210 g/mol. The Morgan fingerprint density at radius 2 is 1.00 bits per heavy atom. The molecule has 0 unspecified atom stereocenters. The van der Waals surface area contributed by atoms with E-state index in [-0.39, 0.29) is 23.4 Å². The lowest BCUT2D eigenvalue weighted by molar-refractivity contribution is -0.116. The number of carbonyl (C=O) groups is 2. The summed E-state index contributed by atoms with van der Waals surface area (Å²) in [4.78, 5) is 23.0. The van der Waals surface area contributed by atoms with Crippen LogP contribution < -0.4 is 0 Å². The first kappa shape index (κ1) is 10.4. The summed E-state index contributed by atoms with van der Waals surface area (Å²) >= 11 is 0. The van der Waals surface area contributed by atoms with Crippen LogP contribution in [0.2, 0.25) is 0 Å². The number of carbonyl (C=O) groups excluding carboxylic acids is 2. The minimum Gasteiger partial charge on any atom is -0.284 e. The van der Waals surface area contributed by atoms with Crippen LogP contribution in [0.4, 0.5) is 0 Å². The minimum absolute atomic E-state index is 0.232. The molecule has 0 aromatic rings. The van der Waals surface area contributed by atoms with Crippen LogP contribution in [0.3, 0.4) is 0 Å². The van der Waals surface area contributed by atoms with E-state index in [2.05, 4.69) is 11.8 Å². The van der Waals surface area contributed by atoms with Gasteiger partial charge >= 0.3 is 0 Å². The summed E-state index contributed by atoms with van der Waals surface area (Å²) in [6, 6.07) is 0. The molecule has 0 N–H and O–H groups in total. The van der Waals surface area contributed by atoms with Gasteiger partial charge in [-0.3, -0.25) is 9.59 Å². The highest BCUT2D eigenvalue weighted by Crippen LogP contribution is 2.10. The van der Waals surface area contributed by atoms with Gasteiger partial charge in [0.15, 0.2) is 0 Å². The standard InChI is InChI=1S/C14H10O2/c15-13(11-5-1-2-6-11)9-10-14(16)12-7-3-4-8-12/h1-8,11-12H. The van der Waals surface area contributed by atoms with Crippen LogP contribution in [-0.2, 0) is 9.59 Å². The van der Waals surface area contributed by atoms with E-state index in [1.54, 1.807) is 48.6 Å². The molecule has 0 radical (unpaired) electrons. The molecular weight excluding hydrogens is 200 g/mol. The van der Waals surface area contributed by atoms with Gasteiger partial charge in [0.2, 0.25) is 11.6 Å².